The van der Waals surface area contributed by atoms with Crippen molar-refractivity contribution >= 4 is 0 Å². The molecule has 1 heterocycles. The Kier molecular flexibility index (Phi) is 5.70. The van der Waals surface area contributed by atoms with Crippen LogP contribution in [0.25, 0.3) is 0 Å². The highest BCUT2D eigenvalue weighted by atomic mass is 15.2. The molecule has 0 aromatic heterocycles. The minimum absolute atomic E-state index is 0.565. The third-order valence-electron chi connectivity index (χ3n) is 5.32. The summed E-state index contributed by atoms with van der Waals surface area (Å²) < 4.78 is 0. The van der Waals surface area contributed by atoms with Crippen molar-refractivity contribution in [2.75, 3.05) is 26.2 Å². The zero-order chi connectivity index (χ0) is 13.7. The molecule has 0 amide bonds. The van der Waals surface area contributed by atoms with Gasteiger partial charge in [-0.3, -0.25) is 0 Å². The molecule has 1 unspecified atom stereocenters. The van der Waals surface area contributed by atoms with Gasteiger partial charge < -0.3 is 10.2 Å². The fourth-order valence-corrected chi connectivity index (χ4v) is 3.94. The van der Waals surface area contributed by atoms with Crippen molar-refractivity contribution in [3.63, 3.8) is 0 Å². The molecule has 2 nitrogen and oxygen atoms in total. The van der Waals surface area contributed by atoms with Crippen LogP contribution in [0.3, 0.4) is 0 Å². The van der Waals surface area contributed by atoms with Crippen molar-refractivity contribution < 1.29 is 0 Å². The molecule has 2 heteroatoms. The second-order valence-corrected chi connectivity index (χ2v) is 7.53. The van der Waals surface area contributed by atoms with Crippen LogP contribution in [-0.2, 0) is 0 Å². The summed E-state index contributed by atoms with van der Waals surface area (Å²) in [5.74, 6) is 0.941. The number of likely N-dealkylation sites (N-methyl/N-ethyl adjacent to an activating group) is 1. The smallest absolute Gasteiger partial charge is 0.0223 e. The summed E-state index contributed by atoms with van der Waals surface area (Å²) in [6.45, 7) is 12.2. The summed E-state index contributed by atoms with van der Waals surface area (Å²) in [6, 6.07) is 0.744. The maximum Gasteiger partial charge on any atom is 0.0223 e. The molecular weight excluding hydrogens is 232 g/mol. The van der Waals surface area contributed by atoms with E-state index in [1.54, 1.807) is 0 Å². The average molecular weight is 266 g/mol. The number of likely N-dealkylation sites (tertiary alicyclic amines) is 1. The molecule has 0 radical (unpaired) electrons. The first-order valence-electron chi connectivity index (χ1n) is 8.56. The molecule has 1 aliphatic carbocycles. The molecule has 1 saturated carbocycles. The zero-order valence-electron chi connectivity index (χ0n) is 13.4. The Bertz CT molecular complexity index is 256. The molecule has 0 spiro atoms. The molecule has 1 aliphatic heterocycles. The molecule has 0 aromatic rings. The van der Waals surface area contributed by atoms with E-state index in [0.717, 1.165) is 18.5 Å². The Labute approximate surface area is 120 Å². The Morgan fingerprint density at radius 3 is 2.53 bits per heavy atom. The molecule has 19 heavy (non-hydrogen) atoms. The Balaban J connectivity index is 1.85. The van der Waals surface area contributed by atoms with Crippen LogP contribution >= 0.6 is 0 Å². The fraction of sp³-hybridized carbons (Fsp3) is 1.00. The highest BCUT2D eigenvalue weighted by molar-refractivity contribution is 4.85. The maximum atomic E-state index is 3.77. The fourth-order valence-electron chi connectivity index (χ4n) is 3.94. The predicted octanol–water partition coefficient (Wildman–Crippen LogP) is 3.67. The lowest BCUT2D eigenvalue weighted by atomic mass is 9.85. The Hall–Kier alpha value is -0.0800. The SMILES string of the molecule is CCNC(CN1CCCC(C)(C)CC1)C1CCCC1. The largest absolute Gasteiger partial charge is 0.313 e. The van der Waals surface area contributed by atoms with Gasteiger partial charge in [-0.05, 0) is 63.1 Å². The van der Waals surface area contributed by atoms with Gasteiger partial charge in [0.15, 0.2) is 0 Å². The lowest BCUT2D eigenvalue weighted by Gasteiger charge is -2.31. The maximum absolute atomic E-state index is 3.77. The van der Waals surface area contributed by atoms with E-state index in [9.17, 15) is 0 Å². The van der Waals surface area contributed by atoms with Crippen LogP contribution in [0.1, 0.15) is 65.7 Å². The van der Waals surface area contributed by atoms with E-state index in [0.29, 0.717) is 5.41 Å². The molecule has 112 valence electrons. The summed E-state index contributed by atoms with van der Waals surface area (Å²) in [5, 5.41) is 3.77. The monoisotopic (exact) mass is 266 g/mol. The topological polar surface area (TPSA) is 15.3 Å². The van der Waals surface area contributed by atoms with Crippen molar-refractivity contribution in [1.82, 2.24) is 10.2 Å². The first-order valence-corrected chi connectivity index (χ1v) is 8.56. The van der Waals surface area contributed by atoms with Gasteiger partial charge in [0.2, 0.25) is 0 Å². The zero-order valence-corrected chi connectivity index (χ0v) is 13.4. The Morgan fingerprint density at radius 2 is 1.84 bits per heavy atom. The van der Waals surface area contributed by atoms with Crippen LogP contribution in [-0.4, -0.2) is 37.1 Å². The average Bonchev–Trinajstić information content (AvgIpc) is 2.83. The second kappa shape index (κ2) is 7.08. The standard InChI is InChI=1S/C17H34N2/c1-4-18-16(15-8-5-6-9-15)14-19-12-7-10-17(2,3)11-13-19/h15-16,18H,4-14H2,1-3H3. The van der Waals surface area contributed by atoms with E-state index in [4.69, 9.17) is 0 Å². The number of nitrogens with one attached hydrogen (secondary N) is 1. The van der Waals surface area contributed by atoms with Crippen molar-refractivity contribution in [2.45, 2.75) is 71.8 Å². The summed E-state index contributed by atoms with van der Waals surface area (Å²) in [7, 11) is 0. The van der Waals surface area contributed by atoms with E-state index < -0.39 is 0 Å². The van der Waals surface area contributed by atoms with Gasteiger partial charge in [0.05, 0.1) is 0 Å². The molecule has 1 N–H and O–H groups in total. The molecule has 1 atom stereocenters. The van der Waals surface area contributed by atoms with Crippen molar-refractivity contribution in [3.05, 3.63) is 0 Å². The van der Waals surface area contributed by atoms with Gasteiger partial charge in [-0.15, -0.1) is 0 Å². The Morgan fingerprint density at radius 1 is 1.11 bits per heavy atom. The third-order valence-corrected chi connectivity index (χ3v) is 5.32. The first-order chi connectivity index (χ1) is 9.11. The van der Waals surface area contributed by atoms with Gasteiger partial charge in [-0.25, -0.2) is 0 Å². The number of rotatable bonds is 5. The van der Waals surface area contributed by atoms with E-state index in [1.165, 1.54) is 64.6 Å². The van der Waals surface area contributed by atoms with Gasteiger partial charge in [0, 0.05) is 12.6 Å². The van der Waals surface area contributed by atoms with Crippen molar-refractivity contribution in [2.24, 2.45) is 11.3 Å². The first kappa shape index (κ1) is 15.3. The van der Waals surface area contributed by atoms with Crippen molar-refractivity contribution in [1.29, 1.82) is 0 Å². The van der Waals surface area contributed by atoms with Gasteiger partial charge in [0.1, 0.15) is 0 Å². The minimum Gasteiger partial charge on any atom is -0.313 e. The van der Waals surface area contributed by atoms with Crippen LogP contribution in [0.15, 0.2) is 0 Å². The summed E-state index contributed by atoms with van der Waals surface area (Å²) in [6.07, 6.45) is 9.99. The van der Waals surface area contributed by atoms with Crippen LogP contribution in [0, 0.1) is 11.3 Å². The molecule has 0 bridgehead atoms. The van der Waals surface area contributed by atoms with E-state index >= 15 is 0 Å². The quantitative estimate of drug-likeness (QED) is 0.817. The molecule has 1 saturated heterocycles. The van der Waals surface area contributed by atoms with Gasteiger partial charge in [-0.1, -0.05) is 33.6 Å². The van der Waals surface area contributed by atoms with Gasteiger partial charge >= 0.3 is 0 Å². The lowest BCUT2D eigenvalue weighted by molar-refractivity contribution is 0.207. The minimum atomic E-state index is 0.565. The van der Waals surface area contributed by atoms with Crippen LogP contribution in [0.5, 0.6) is 0 Å². The van der Waals surface area contributed by atoms with Crippen LogP contribution < -0.4 is 5.32 Å². The molecular formula is C17H34N2. The summed E-state index contributed by atoms with van der Waals surface area (Å²) in [4.78, 5) is 2.74. The van der Waals surface area contributed by atoms with E-state index in [-0.39, 0.29) is 0 Å². The molecule has 2 rings (SSSR count). The number of hydrogen-bond acceptors (Lipinski definition) is 2. The van der Waals surface area contributed by atoms with E-state index in [2.05, 4.69) is 31.0 Å². The van der Waals surface area contributed by atoms with E-state index in [1.807, 2.05) is 0 Å². The number of nitrogens with zero attached hydrogens (tertiary/aromatic N) is 1. The van der Waals surface area contributed by atoms with Gasteiger partial charge in [0.25, 0.3) is 0 Å². The number of hydrogen-bond donors (Lipinski definition) is 1. The van der Waals surface area contributed by atoms with Crippen LogP contribution in [0.2, 0.25) is 0 Å². The highest BCUT2D eigenvalue weighted by Crippen LogP contribution is 2.31. The van der Waals surface area contributed by atoms with Crippen molar-refractivity contribution in [3.8, 4) is 0 Å². The normalized spacial score (nSPS) is 27.3. The molecule has 0 aromatic carbocycles. The molecule has 2 fully saturated rings. The highest BCUT2D eigenvalue weighted by Gasteiger charge is 2.28. The molecule has 2 aliphatic rings. The van der Waals surface area contributed by atoms with Gasteiger partial charge in [-0.2, -0.15) is 0 Å². The summed E-state index contributed by atoms with van der Waals surface area (Å²) >= 11 is 0. The lowest BCUT2D eigenvalue weighted by Crippen LogP contribution is -2.45. The third kappa shape index (κ3) is 4.75. The second-order valence-electron chi connectivity index (χ2n) is 7.53. The summed E-state index contributed by atoms with van der Waals surface area (Å²) in [5.41, 5.74) is 0.565. The predicted molar refractivity (Wildman–Crippen MR) is 83.5 cm³/mol. The van der Waals surface area contributed by atoms with Crippen LogP contribution in [0.4, 0.5) is 0 Å².